The number of nitrogens with zero attached hydrogens (tertiary/aromatic N) is 3. The molecule has 0 radical (unpaired) electrons. The molecule has 0 spiro atoms. The summed E-state index contributed by atoms with van der Waals surface area (Å²) in [6.45, 7) is 4.93. The molecule has 2 amide bonds. The Morgan fingerprint density at radius 2 is 1.68 bits per heavy atom. The van der Waals surface area contributed by atoms with Crippen molar-refractivity contribution < 1.29 is 14.3 Å². The number of hydrogen-bond donors (Lipinski definition) is 2. The van der Waals surface area contributed by atoms with Gasteiger partial charge in [-0.05, 0) is 36.4 Å². The van der Waals surface area contributed by atoms with E-state index in [4.69, 9.17) is 4.74 Å². The number of ether oxygens (including phenoxy) is 1. The van der Waals surface area contributed by atoms with Crippen LogP contribution in [0.4, 0.5) is 17.2 Å². The van der Waals surface area contributed by atoms with Crippen LogP contribution in [-0.4, -0.2) is 47.9 Å². The maximum Gasteiger partial charge on any atom is 0.276 e. The van der Waals surface area contributed by atoms with Crippen LogP contribution in [0, 0.1) is 0 Å². The van der Waals surface area contributed by atoms with E-state index >= 15 is 0 Å². The Bertz CT molecular complexity index is 1040. The van der Waals surface area contributed by atoms with Gasteiger partial charge in [0.15, 0.2) is 5.69 Å². The third kappa shape index (κ3) is 4.92. The summed E-state index contributed by atoms with van der Waals surface area (Å²) in [5.41, 5.74) is 2.74. The summed E-state index contributed by atoms with van der Waals surface area (Å²) >= 11 is 0. The molecule has 2 aromatic carbocycles. The first-order valence-electron chi connectivity index (χ1n) is 10.3. The minimum Gasteiger partial charge on any atom is -0.378 e. The first kappa shape index (κ1) is 20.6. The number of anilines is 3. The lowest BCUT2D eigenvalue weighted by molar-refractivity contribution is -0.115. The Morgan fingerprint density at radius 1 is 0.968 bits per heavy atom. The second kappa shape index (κ2) is 9.44. The molecule has 0 aliphatic carbocycles. The summed E-state index contributed by atoms with van der Waals surface area (Å²) in [6.07, 6.45) is 0.330. The first-order chi connectivity index (χ1) is 15.1. The molecule has 160 valence electrons. The van der Waals surface area contributed by atoms with Gasteiger partial charge in [-0.25, -0.2) is 4.68 Å². The van der Waals surface area contributed by atoms with Crippen LogP contribution in [0.3, 0.4) is 0 Å². The summed E-state index contributed by atoms with van der Waals surface area (Å²) in [5, 5.41) is 10.1. The number of rotatable bonds is 6. The highest BCUT2D eigenvalue weighted by molar-refractivity contribution is 6.04. The molecule has 2 N–H and O–H groups in total. The van der Waals surface area contributed by atoms with E-state index in [2.05, 4.69) is 20.6 Å². The molecule has 1 aromatic heterocycles. The van der Waals surface area contributed by atoms with Crippen LogP contribution in [0.2, 0.25) is 0 Å². The Balaban J connectivity index is 1.52. The van der Waals surface area contributed by atoms with Crippen molar-refractivity contribution in [3.63, 3.8) is 0 Å². The summed E-state index contributed by atoms with van der Waals surface area (Å²) < 4.78 is 6.95. The van der Waals surface area contributed by atoms with E-state index < -0.39 is 0 Å². The van der Waals surface area contributed by atoms with E-state index in [0.29, 0.717) is 17.9 Å². The van der Waals surface area contributed by atoms with Crippen LogP contribution in [0.15, 0.2) is 60.7 Å². The number of para-hydroxylation sites is 1. The highest BCUT2D eigenvalue weighted by Crippen LogP contribution is 2.21. The Hall–Kier alpha value is -3.65. The molecule has 1 fully saturated rings. The second-order valence-corrected chi connectivity index (χ2v) is 7.16. The molecular weight excluding hydrogens is 394 g/mol. The number of aromatic nitrogens is 2. The summed E-state index contributed by atoms with van der Waals surface area (Å²) in [6, 6.07) is 18.7. The molecule has 0 saturated carbocycles. The van der Waals surface area contributed by atoms with Crippen molar-refractivity contribution in [2.75, 3.05) is 41.8 Å². The number of morpholine rings is 1. The summed E-state index contributed by atoms with van der Waals surface area (Å²) in [7, 11) is 0. The number of amides is 2. The zero-order valence-electron chi connectivity index (χ0n) is 17.4. The number of carbonyl (C=O) groups is 2. The van der Waals surface area contributed by atoms with Crippen molar-refractivity contribution in [1.82, 2.24) is 9.78 Å². The molecular formula is C23H25N5O3. The third-order valence-corrected chi connectivity index (χ3v) is 5.03. The molecule has 1 aliphatic heterocycles. The predicted molar refractivity (Wildman–Crippen MR) is 120 cm³/mol. The summed E-state index contributed by atoms with van der Waals surface area (Å²) in [4.78, 5) is 27.0. The van der Waals surface area contributed by atoms with E-state index in [1.54, 1.807) is 17.7 Å². The van der Waals surface area contributed by atoms with E-state index in [1.807, 2.05) is 54.6 Å². The monoisotopic (exact) mass is 419 g/mol. The molecule has 8 nitrogen and oxygen atoms in total. The topological polar surface area (TPSA) is 88.5 Å². The Labute approximate surface area is 180 Å². The fraction of sp³-hybridized carbons (Fsp3) is 0.261. The smallest absolute Gasteiger partial charge is 0.276 e. The highest BCUT2D eigenvalue weighted by Gasteiger charge is 2.17. The molecule has 31 heavy (non-hydrogen) atoms. The quantitative estimate of drug-likeness (QED) is 0.640. The average Bonchev–Trinajstić information content (AvgIpc) is 3.24. The van der Waals surface area contributed by atoms with Crippen molar-refractivity contribution in [3.8, 4) is 5.69 Å². The zero-order chi connectivity index (χ0) is 21.6. The van der Waals surface area contributed by atoms with Crippen LogP contribution in [0.25, 0.3) is 5.69 Å². The molecule has 3 aromatic rings. The molecule has 4 rings (SSSR count). The molecule has 1 saturated heterocycles. The Kier molecular flexibility index (Phi) is 6.28. The van der Waals surface area contributed by atoms with Crippen LogP contribution in [0.1, 0.15) is 23.8 Å². The van der Waals surface area contributed by atoms with Crippen molar-refractivity contribution in [1.29, 1.82) is 0 Å². The van der Waals surface area contributed by atoms with Crippen molar-refractivity contribution >= 4 is 29.0 Å². The molecule has 8 heteroatoms. The standard InChI is InChI=1S/C23H25N5O3/c1-2-22(29)25-21-16-20(26-28(21)19-6-4-3-5-7-19)23(30)24-17-8-10-18(11-9-17)27-12-14-31-15-13-27/h3-11,16H,2,12-15H2,1H3,(H,24,30)(H,25,29). The second-order valence-electron chi connectivity index (χ2n) is 7.16. The van der Waals surface area contributed by atoms with E-state index in [-0.39, 0.29) is 17.5 Å². The van der Waals surface area contributed by atoms with Gasteiger partial charge in [-0.15, -0.1) is 0 Å². The molecule has 0 unspecified atom stereocenters. The van der Waals surface area contributed by atoms with Gasteiger partial charge in [0.05, 0.1) is 18.9 Å². The van der Waals surface area contributed by atoms with Crippen LogP contribution >= 0.6 is 0 Å². The molecule has 2 heterocycles. The molecule has 1 aliphatic rings. The SMILES string of the molecule is CCC(=O)Nc1cc(C(=O)Nc2ccc(N3CCOCC3)cc2)nn1-c1ccccc1. The predicted octanol–water partition coefficient (Wildman–Crippen LogP) is 3.31. The first-order valence-corrected chi connectivity index (χ1v) is 10.3. The van der Waals surface area contributed by atoms with E-state index in [1.165, 1.54) is 0 Å². The lowest BCUT2D eigenvalue weighted by Crippen LogP contribution is -2.36. The number of benzene rings is 2. The van der Waals surface area contributed by atoms with Crippen LogP contribution < -0.4 is 15.5 Å². The zero-order valence-corrected chi connectivity index (χ0v) is 17.4. The fourth-order valence-electron chi connectivity index (χ4n) is 3.35. The van der Waals surface area contributed by atoms with Gasteiger partial charge in [0.1, 0.15) is 5.82 Å². The van der Waals surface area contributed by atoms with Crippen molar-refractivity contribution in [2.45, 2.75) is 13.3 Å². The molecule has 0 bridgehead atoms. The molecule has 0 atom stereocenters. The number of nitrogens with one attached hydrogen (secondary N) is 2. The minimum absolute atomic E-state index is 0.150. The van der Waals surface area contributed by atoms with Gasteiger partial charge in [0.25, 0.3) is 5.91 Å². The van der Waals surface area contributed by atoms with Gasteiger partial charge >= 0.3 is 0 Å². The van der Waals surface area contributed by atoms with Gasteiger partial charge in [0, 0.05) is 37.0 Å². The van der Waals surface area contributed by atoms with Gasteiger partial charge in [-0.3, -0.25) is 9.59 Å². The fourth-order valence-corrected chi connectivity index (χ4v) is 3.35. The van der Waals surface area contributed by atoms with Gasteiger partial charge in [-0.2, -0.15) is 5.10 Å². The normalized spacial score (nSPS) is 13.6. The third-order valence-electron chi connectivity index (χ3n) is 5.03. The highest BCUT2D eigenvalue weighted by atomic mass is 16.5. The van der Waals surface area contributed by atoms with Gasteiger partial charge < -0.3 is 20.3 Å². The van der Waals surface area contributed by atoms with Crippen LogP contribution in [0.5, 0.6) is 0 Å². The maximum atomic E-state index is 12.8. The van der Waals surface area contributed by atoms with E-state index in [9.17, 15) is 9.59 Å². The van der Waals surface area contributed by atoms with Gasteiger partial charge in [0.2, 0.25) is 5.91 Å². The average molecular weight is 419 g/mol. The lowest BCUT2D eigenvalue weighted by Gasteiger charge is -2.28. The Morgan fingerprint density at radius 3 is 2.35 bits per heavy atom. The van der Waals surface area contributed by atoms with E-state index in [0.717, 1.165) is 37.7 Å². The number of carbonyl (C=O) groups excluding carboxylic acids is 2. The van der Waals surface area contributed by atoms with Crippen molar-refractivity contribution in [3.05, 3.63) is 66.4 Å². The minimum atomic E-state index is -0.346. The lowest BCUT2D eigenvalue weighted by atomic mass is 10.2. The maximum absolute atomic E-state index is 12.8. The van der Waals surface area contributed by atoms with Gasteiger partial charge in [-0.1, -0.05) is 25.1 Å². The largest absolute Gasteiger partial charge is 0.378 e. The van der Waals surface area contributed by atoms with Crippen molar-refractivity contribution in [2.24, 2.45) is 0 Å². The van der Waals surface area contributed by atoms with Crippen LogP contribution in [-0.2, 0) is 9.53 Å². The summed E-state index contributed by atoms with van der Waals surface area (Å²) in [5.74, 6) is -0.0468. The number of hydrogen-bond acceptors (Lipinski definition) is 5.